The topological polar surface area (TPSA) is 122 Å². The molecule has 1 amide bonds. The van der Waals surface area contributed by atoms with Gasteiger partial charge in [0.15, 0.2) is 22.0 Å². The average molecular weight is 567 g/mol. The first-order chi connectivity index (χ1) is 17.4. The van der Waals surface area contributed by atoms with Crippen molar-refractivity contribution in [2.75, 3.05) is 11.9 Å². The van der Waals surface area contributed by atoms with Crippen LogP contribution in [-0.4, -0.2) is 35.8 Å². The van der Waals surface area contributed by atoms with Crippen LogP contribution in [0.3, 0.4) is 0 Å². The lowest BCUT2D eigenvalue weighted by atomic mass is 10.1. The van der Waals surface area contributed by atoms with Crippen molar-refractivity contribution in [3.63, 3.8) is 0 Å². The van der Waals surface area contributed by atoms with Crippen LogP contribution in [0.15, 0.2) is 31.9 Å². The standard InChI is InChI=1S/C23H24Cl2N6O5S/c1-11(2)9-36-18-13(24)6-12(7-14(18)25)15-10-37-21(26-15)27-16(32)8-31-17-19(29(4)23(31)35)28(3)22(34)30(5)20(17)33/h6-7,10-11H,8-9H2,1-5H3,(H,26,27,32). The van der Waals surface area contributed by atoms with Crippen molar-refractivity contribution < 1.29 is 9.53 Å². The summed E-state index contributed by atoms with van der Waals surface area (Å²) in [6.45, 7) is 4.05. The maximum absolute atomic E-state index is 12.8. The molecule has 0 unspecified atom stereocenters. The van der Waals surface area contributed by atoms with E-state index in [0.717, 1.165) is 13.7 Å². The van der Waals surface area contributed by atoms with Gasteiger partial charge in [0.2, 0.25) is 5.91 Å². The van der Waals surface area contributed by atoms with Gasteiger partial charge in [-0.1, -0.05) is 37.0 Å². The second kappa shape index (κ2) is 10.2. The Hall–Kier alpha value is -3.35. The fraction of sp³-hybridized carbons (Fsp3) is 0.348. The van der Waals surface area contributed by atoms with Crippen LogP contribution in [0.5, 0.6) is 5.75 Å². The van der Waals surface area contributed by atoms with Gasteiger partial charge in [0.25, 0.3) is 5.56 Å². The first kappa shape index (κ1) is 26.7. The molecule has 0 fully saturated rings. The molecule has 0 atom stereocenters. The summed E-state index contributed by atoms with van der Waals surface area (Å²) in [5.41, 5.74) is -0.607. The summed E-state index contributed by atoms with van der Waals surface area (Å²) in [4.78, 5) is 55.0. The molecule has 1 aromatic carbocycles. The van der Waals surface area contributed by atoms with Gasteiger partial charge in [-0.3, -0.25) is 27.9 Å². The van der Waals surface area contributed by atoms with E-state index >= 15 is 0 Å². The number of aryl methyl sites for hydroxylation is 2. The Labute approximate surface area is 224 Å². The number of nitrogens with one attached hydrogen (secondary N) is 1. The predicted octanol–water partition coefficient (Wildman–Crippen LogP) is 2.84. The number of ether oxygens (including phenoxy) is 1. The Balaban J connectivity index is 1.58. The Kier molecular flexibility index (Phi) is 7.36. The molecule has 0 radical (unpaired) electrons. The van der Waals surface area contributed by atoms with Crippen LogP contribution in [-0.2, 0) is 32.5 Å². The Morgan fingerprint density at radius 2 is 1.68 bits per heavy atom. The van der Waals surface area contributed by atoms with E-state index in [2.05, 4.69) is 10.3 Å². The van der Waals surface area contributed by atoms with Crippen molar-refractivity contribution in [2.24, 2.45) is 27.1 Å². The van der Waals surface area contributed by atoms with E-state index in [4.69, 9.17) is 27.9 Å². The predicted molar refractivity (Wildman–Crippen MR) is 144 cm³/mol. The lowest BCUT2D eigenvalue weighted by Gasteiger charge is -2.12. The minimum absolute atomic E-state index is 0.0452. The van der Waals surface area contributed by atoms with Gasteiger partial charge in [0.1, 0.15) is 6.54 Å². The van der Waals surface area contributed by atoms with Crippen LogP contribution in [0.2, 0.25) is 10.0 Å². The monoisotopic (exact) mass is 566 g/mol. The van der Waals surface area contributed by atoms with E-state index in [9.17, 15) is 19.2 Å². The number of halogens is 2. The van der Waals surface area contributed by atoms with Crippen molar-refractivity contribution in [3.8, 4) is 17.0 Å². The fourth-order valence-corrected chi connectivity index (χ4v) is 5.14. The fourth-order valence-electron chi connectivity index (χ4n) is 3.81. The van der Waals surface area contributed by atoms with Gasteiger partial charge in [-0.2, -0.15) is 0 Å². The summed E-state index contributed by atoms with van der Waals surface area (Å²) in [6.07, 6.45) is 0. The van der Waals surface area contributed by atoms with Crippen LogP contribution in [0, 0.1) is 5.92 Å². The molecule has 4 rings (SSSR count). The molecule has 1 N–H and O–H groups in total. The Bertz CT molecular complexity index is 1690. The highest BCUT2D eigenvalue weighted by Gasteiger charge is 2.22. The molecule has 3 aromatic heterocycles. The van der Waals surface area contributed by atoms with E-state index in [1.54, 1.807) is 17.5 Å². The molecule has 0 bridgehead atoms. The molecule has 0 spiro atoms. The number of amides is 1. The molecule has 0 saturated carbocycles. The first-order valence-electron chi connectivity index (χ1n) is 11.1. The van der Waals surface area contributed by atoms with Gasteiger partial charge in [0.05, 0.1) is 22.3 Å². The number of rotatable bonds is 7. The zero-order valence-corrected chi connectivity index (χ0v) is 23.0. The minimum atomic E-state index is -0.672. The molecule has 3 heterocycles. The number of thiazole rings is 1. The van der Waals surface area contributed by atoms with E-state index in [-0.39, 0.29) is 16.3 Å². The molecule has 11 nitrogen and oxygen atoms in total. The number of hydrogen-bond acceptors (Lipinski definition) is 7. The summed E-state index contributed by atoms with van der Waals surface area (Å²) in [5.74, 6) is 0.129. The molecule has 4 aromatic rings. The van der Waals surface area contributed by atoms with Gasteiger partial charge in [-0.15, -0.1) is 11.3 Å². The van der Waals surface area contributed by atoms with E-state index < -0.39 is 29.4 Å². The zero-order valence-electron chi connectivity index (χ0n) is 20.7. The summed E-state index contributed by atoms with van der Waals surface area (Å²) in [5, 5.41) is 5.33. The third kappa shape index (κ3) is 4.96. The van der Waals surface area contributed by atoms with Crippen molar-refractivity contribution in [1.82, 2.24) is 23.3 Å². The maximum atomic E-state index is 12.8. The number of nitrogens with zero attached hydrogens (tertiary/aromatic N) is 5. The Morgan fingerprint density at radius 3 is 2.30 bits per heavy atom. The van der Waals surface area contributed by atoms with Crippen LogP contribution < -0.4 is 27.0 Å². The number of hydrogen-bond donors (Lipinski definition) is 1. The second-order valence-electron chi connectivity index (χ2n) is 8.87. The quantitative estimate of drug-likeness (QED) is 0.367. The number of anilines is 1. The van der Waals surface area contributed by atoms with Gasteiger partial charge in [0, 0.05) is 32.1 Å². The van der Waals surface area contributed by atoms with Crippen molar-refractivity contribution >= 4 is 56.7 Å². The number of aromatic nitrogens is 5. The third-order valence-corrected chi connectivity index (χ3v) is 6.94. The normalized spacial score (nSPS) is 11.5. The maximum Gasteiger partial charge on any atom is 0.332 e. The highest BCUT2D eigenvalue weighted by molar-refractivity contribution is 7.14. The van der Waals surface area contributed by atoms with Crippen LogP contribution in [0.1, 0.15) is 13.8 Å². The highest BCUT2D eigenvalue weighted by atomic mass is 35.5. The average Bonchev–Trinajstić information content (AvgIpc) is 3.39. The summed E-state index contributed by atoms with van der Waals surface area (Å²) < 4.78 is 9.97. The van der Waals surface area contributed by atoms with E-state index in [1.165, 1.54) is 37.0 Å². The number of carbonyl (C=O) groups excluding carboxylic acids is 1. The number of fused-ring (bicyclic) bond motifs is 1. The molecule has 0 aliphatic heterocycles. The molecule has 0 aliphatic rings. The molecule has 37 heavy (non-hydrogen) atoms. The van der Waals surface area contributed by atoms with Gasteiger partial charge in [-0.05, 0) is 18.1 Å². The van der Waals surface area contributed by atoms with Crippen molar-refractivity contribution in [1.29, 1.82) is 0 Å². The minimum Gasteiger partial charge on any atom is -0.490 e. The molecule has 0 aliphatic carbocycles. The largest absolute Gasteiger partial charge is 0.490 e. The smallest absolute Gasteiger partial charge is 0.332 e. The van der Waals surface area contributed by atoms with Gasteiger partial charge >= 0.3 is 11.4 Å². The first-order valence-corrected chi connectivity index (χ1v) is 12.8. The molecular weight excluding hydrogens is 543 g/mol. The second-order valence-corrected chi connectivity index (χ2v) is 10.5. The van der Waals surface area contributed by atoms with Crippen LogP contribution in [0.25, 0.3) is 22.4 Å². The van der Waals surface area contributed by atoms with Gasteiger partial charge in [-0.25, -0.2) is 14.6 Å². The number of carbonyl (C=O) groups is 1. The zero-order chi connectivity index (χ0) is 27.2. The number of imidazole rings is 1. The molecule has 0 saturated heterocycles. The van der Waals surface area contributed by atoms with Crippen LogP contribution >= 0.6 is 34.5 Å². The Morgan fingerprint density at radius 1 is 1.05 bits per heavy atom. The summed E-state index contributed by atoms with van der Waals surface area (Å²) >= 11 is 13.9. The summed E-state index contributed by atoms with van der Waals surface area (Å²) in [7, 11) is 4.19. The number of benzene rings is 1. The van der Waals surface area contributed by atoms with Crippen molar-refractivity contribution in [2.45, 2.75) is 20.4 Å². The van der Waals surface area contributed by atoms with E-state index in [1.807, 2.05) is 13.8 Å². The molecular formula is C23H24Cl2N6O5S. The molecule has 14 heteroatoms. The third-order valence-electron chi connectivity index (χ3n) is 5.62. The van der Waals surface area contributed by atoms with Crippen LogP contribution in [0.4, 0.5) is 5.13 Å². The van der Waals surface area contributed by atoms with E-state index in [0.29, 0.717) is 39.6 Å². The lowest BCUT2D eigenvalue weighted by molar-refractivity contribution is -0.116. The summed E-state index contributed by atoms with van der Waals surface area (Å²) in [6, 6.07) is 3.36. The van der Waals surface area contributed by atoms with Gasteiger partial charge < -0.3 is 10.1 Å². The molecule has 196 valence electrons. The lowest BCUT2D eigenvalue weighted by Crippen LogP contribution is -2.38. The van der Waals surface area contributed by atoms with Crippen molar-refractivity contribution in [3.05, 3.63) is 58.9 Å². The highest BCUT2D eigenvalue weighted by Crippen LogP contribution is 2.38. The SMILES string of the molecule is CC(C)COc1c(Cl)cc(-c2csc(NC(=O)Cn3c(=O)n(C)c4c3c(=O)n(C)c(=O)n4C)n2)cc1Cl.